The summed E-state index contributed by atoms with van der Waals surface area (Å²) in [5, 5.41) is 0.795. The summed E-state index contributed by atoms with van der Waals surface area (Å²) in [4.78, 5) is 53.0. The number of amides is 5. The number of methoxy groups -OCH3 is 8. The van der Waals surface area contributed by atoms with Crippen LogP contribution in [0.3, 0.4) is 0 Å². The maximum atomic E-state index is 13.9. The van der Waals surface area contributed by atoms with E-state index >= 15 is 0 Å². The van der Waals surface area contributed by atoms with Crippen molar-refractivity contribution in [2.75, 3.05) is 101 Å². The lowest BCUT2D eigenvalue weighted by atomic mass is 9.82. The van der Waals surface area contributed by atoms with Crippen LogP contribution >= 0.6 is 15.9 Å². The third-order valence-electron chi connectivity index (χ3n) is 15.8. The summed E-state index contributed by atoms with van der Waals surface area (Å²) in [6.45, 7) is 14.4. The molecule has 18 heteroatoms. The number of likely N-dealkylation sites (tertiary alicyclic amines) is 2. The van der Waals surface area contributed by atoms with Gasteiger partial charge in [-0.3, -0.25) is 24.4 Å². The molecule has 2 spiro atoms. The summed E-state index contributed by atoms with van der Waals surface area (Å²) in [6, 6.07) is 21.1. The second-order valence-electron chi connectivity index (χ2n) is 20.0. The predicted molar refractivity (Wildman–Crippen MR) is 313 cm³/mol. The van der Waals surface area contributed by atoms with Gasteiger partial charge < -0.3 is 47.7 Å². The Bertz CT molecular complexity index is 2910. The second kappa shape index (κ2) is 27.4. The van der Waals surface area contributed by atoms with Gasteiger partial charge in [0.2, 0.25) is 0 Å². The fraction of sp³-hybridized carbons (Fsp3) is 0.468. The zero-order valence-corrected chi connectivity index (χ0v) is 50.3. The van der Waals surface area contributed by atoms with Crippen LogP contribution in [0.2, 0.25) is 0 Å². The van der Waals surface area contributed by atoms with Gasteiger partial charge in [-0.1, -0.05) is 27.9 Å². The number of benzene rings is 4. The third-order valence-corrected chi connectivity index (χ3v) is 16.1. The number of allylic oxidation sites excluding steroid dienone is 3. The van der Waals surface area contributed by atoms with E-state index in [0.717, 1.165) is 111 Å². The molecule has 5 aliphatic heterocycles. The van der Waals surface area contributed by atoms with Gasteiger partial charge in [0.1, 0.15) is 51.5 Å². The lowest BCUT2D eigenvalue weighted by Crippen LogP contribution is -2.56. The number of rotatable bonds is 16. The van der Waals surface area contributed by atoms with Crippen molar-refractivity contribution in [2.24, 2.45) is 0 Å². The van der Waals surface area contributed by atoms with Crippen LogP contribution in [0.4, 0.5) is 9.59 Å². The number of hydrogen-bond donors (Lipinski definition) is 0. The van der Waals surface area contributed by atoms with Crippen molar-refractivity contribution in [3.63, 3.8) is 0 Å². The van der Waals surface area contributed by atoms with Crippen LogP contribution in [0.15, 0.2) is 84.6 Å². The molecule has 9 rings (SSSR count). The summed E-state index contributed by atoms with van der Waals surface area (Å²) >= 11 is 3.14. The Kier molecular flexibility index (Phi) is 20.7. The maximum Gasteiger partial charge on any atom is 0.327 e. The molecule has 0 atom stereocenters. The van der Waals surface area contributed by atoms with Gasteiger partial charge in [0, 0.05) is 87.9 Å². The molecule has 80 heavy (non-hydrogen) atoms. The van der Waals surface area contributed by atoms with E-state index in [2.05, 4.69) is 73.7 Å². The van der Waals surface area contributed by atoms with Crippen LogP contribution in [0.1, 0.15) is 81.2 Å². The first-order chi connectivity index (χ1) is 38.7. The monoisotopic (exact) mass is 1160 g/mol. The van der Waals surface area contributed by atoms with E-state index in [1.165, 1.54) is 4.90 Å². The molecule has 0 aliphatic carbocycles. The van der Waals surface area contributed by atoms with E-state index in [1.54, 1.807) is 67.8 Å². The number of halogens is 1. The lowest BCUT2D eigenvalue weighted by molar-refractivity contribution is -0.136. The van der Waals surface area contributed by atoms with E-state index in [4.69, 9.17) is 37.9 Å². The zero-order chi connectivity index (χ0) is 57.7. The van der Waals surface area contributed by atoms with E-state index in [1.807, 2.05) is 74.2 Å². The molecule has 430 valence electrons. The Hall–Kier alpha value is -7.07. The second-order valence-corrected chi connectivity index (χ2v) is 20.6. The van der Waals surface area contributed by atoms with Crippen LogP contribution in [0, 0.1) is 11.8 Å². The number of likely N-dealkylation sites (N-methyl/N-ethyl adjacent to an activating group) is 2. The molecule has 5 amide bonds. The molecular weight excluding hydrogens is 1080 g/mol. The van der Waals surface area contributed by atoms with Gasteiger partial charge in [-0.15, -0.1) is 5.92 Å². The van der Waals surface area contributed by atoms with E-state index in [0.29, 0.717) is 63.6 Å². The average molecular weight is 1160 g/mol. The standard InChI is InChI=1S/C31H39N3O5.C27H35N3O6.C4H5Br/c1-7-22-16-28-31(9-11-32(12-10-31)19-21-13-24(36-3)17-25(14-21)37-4)34(8-2)30(35)33(28)20-23-15-26(38-5)18-27(39-6)29(22)23;1-6-30-26(32)29(18-20-13-23(35-4)16-24(14-20)36-5)25(31)27(30)7-9-28(10-8-27)17-19-11-21(33-2)15-22(12-19)34-3;1-2-3-4-5/h7,13-18H,8-12,19-20H2,1-6H3;11-16H,6-10,17-18H2,1-5H3;4H2,1H3. The number of urea groups is 2. The highest BCUT2D eigenvalue weighted by atomic mass is 79.9. The number of nitrogens with zero attached hydrogens (tertiary/aromatic N) is 6. The lowest BCUT2D eigenvalue weighted by Gasteiger charge is -2.44. The number of carbonyl (C=O) groups excluding carboxylic acids is 3. The summed E-state index contributed by atoms with van der Waals surface area (Å²) in [5.41, 5.74) is 6.07. The predicted octanol–water partition coefficient (Wildman–Crippen LogP) is 10.3. The fourth-order valence-electron chi connectivity index (χ4n) is 11.8. The third kappa shape index (κ3) is 12.8. The molecule has 5 heterocycles. The normalized spacial score (nSPS) is 17.7. The highest BCUT2D eigenvalue weighted by Gasteiger charge is 2.58. The molecule has 5 aliphatic rings. The smallest absolute Gasteiger partial charge is 0.327 e. The van der Waals surface area contributed by atoms with Crippen LogP contribution in [0.5, 0.6) is 46.0 Å². The summed E-state index contributed by atoms with van der Waals surface area (Å²) < 4.78 is 43.8. The Morgan fingerprint density at radius 3 is 1.34 bits per heavy atom. The minimum atomic E-state index is -0.808. The molecule has 0 aromatic heterocycles. The summed E-state index contributed by atoms with van der Waals surface area (Å²) in [5.74, 6) is 11.2. The first-order valence-corrected chi connectivity index (χ1v) is 28.2. The van der Waals surface area contributed by atoms with Crippen molar-refractivity contribution in [1.29, 1.82) is 0 Å². The molecule has 4 aromatic carbocycles. The molecule has 0 saturated carbocycles. The van der Waals surface area contributed by atoms with E-state index in [9.17, 15) is 14.4 Å². The highest BCUT2D eigenvalue weighted by molar-refractivity contribution is 9.09. The SMILES string of the molecule is CC#CCBr.CC=C1C=C2N(Cc3cc(OC)cc(OC)c31)C(=O)N(CC)C21CCN(Cc2cc(OC)cc(OC)c2)CC1.CCN1C(=O)N(Cc2cc(OC)cc(OC)c2)C(=O)C12CCN(Cc1cc(OC)cc(OC)c1)CC2. The quantitative estimate of drug-likeness (QED) is 0.0597. The van der Waals surface area contributed by atoms with Crippen LogP contribution in [-0.2, 0) is 31.0 Å². The molecule has 0 bridgehead atoms. The van der Waals surface area contributed by atoms with Gasteiger partial charge in [0.25, 0.3) is 5.91 Å². The molecule has 0 unspecified atom stereocenters. The first kappa shape index (κ1) is 60.6. The highest BCUT2D eigenvalue weighted by Crippen LogP contribution is 2.49. The van der Waals surface area contributed by atoms with Gasteiger partial charge in [-0.05, 0) is 130 Å². The molecule has 4 saturated heterocycles. The Balaban J connectivity index is 0.000000214. The van der Waals surface area contributed by atoms with Gasteiger partial charge in [0.05, 0.1) is 80.8 Å². The van der Waals surface area contributed by atoms with Crippen LogP contribution < -0.4 is 37.9 Å². The van der Waals surface area contributed by atoms with E-state index < -0.39 is 5.54 Å². The number of alkyl halides is 1. The van der Waals surface area contributed by atoms with Gasteiger partial charge in [-0.25, -0.2) is 9.59 Å². The molecule has 4 aromatic rings. The number of imide groups is 1. The molecule has 0 N–H and O–H groups in total. The maximum absolute atomic E-state index is 13.9. The molecule has 4 fully saturated rings. The summed E-state index contributed by atoms with van der Waals surface area (Å²) in [7, 11) is 13.1. The molecular formula is C62H79BrN6O11. The number of piperidine rings is 2. The van der Waals surface area contributed by atoms with Crippen LogP contribution in [-0.4, -0.2) is 160 Å². The topological polar surface area (TPSA) is 144 Å². The molecule has 0 radical (unpaired) electrons. The minimum absolute atomic E-state index is 0.0693. The van der Waals surface area contributed by atoms with Crippen molar-refractivity contribution in [3.8, 4) is 57.8 Å². The minimum Gasteiger partial charge on any atom is -0.497 e. The fourth-order valence-corrected chi connectivity index (χ4v) is 12.1. The Morgan fingerprint density at radius 2 is 0.963 bits per heavy atom. The average Bonchev–Trinajstić information content (AvgIpc) is 3.86. The van der Waals surface area contributed by atoms with E-state index in [-0.39, 0.29) is 30.1 Å². The van der Waals surface area contributed by atoms with Crippen molar-refractivity contribution in [2.45, 2.75) is 90.6 Å². The van der Waals surface area contributed by atoms with Gasteiger partial charge in [0.15, 0.2) is 0 Å². The van der Waals surface area contributed by atoms with Gasteiger partial charge in [-0.2, -0.15) is 0 Å². The molecule has 17 nitrogen and oxygen atoms in total. The number of fused-ring (bicyclic) bond motifs is 3. The van der Waals surface area contributed by atoms with Crippen molar-refractivity contribution < 1.29 is 52.3 Å². The first-order valence-electron chi connectivity index (χ1n) is 27.1. The van der Waals surface area contributed by atoms with Gasteiger partial charge >= 0.3 is 12.1 Å². The number of ether oxygens (including phenoxy) is 8. The van der Waals surface area contributed by atoms with Crippen molar-refractivity contribution in [1.82, 2.24) is 29.4 Å². The number of carbonyl (C=O) groups is 3. The van der Waals surface area contributed by atoms with Crippen molar-refractivity contribution in [3.05, 3.63) is 112 Å². The Labute approximate surface area is 481 Å². The summed E-state index contributed by atoms with van der Waals surface area (Å²) in [6.07, 6.45) is 7.24. The Morgan fingerprint density at radius 1 is 0.550 bits per heavy atom. The largest absolute Gasteiger partial charge is 0.497 e. The zero-order valence-electron chi connectivity index (χ0n) is 48.7. The van der Waals surface area contributed by atoms with Crippen molar-refractivity contribution >= 4 is 39.5 Å². The number of hydrogen-bond acceptors (Lipinski definition) is 13. The van der Waals surface area contributed by atoms with Crippen LogP contribution in [0.25, 0.3) is 5.57 Å².